The van der Waals surface area contributed by atoms with Gasteiger partial charge in [0, 0.05) is 6.07 Å². The van der Waals surface area contributed by atoms with Gasteiger partial charge >= 0.3 is 0 Å². The van der Waals surface area contributed by atoms with Gasteiger partial charge in [0.25, 0.3) is 5.89 Å². The lowest BCUT2D eigenvalue weighted by Crippen LogP contribution is -2.30. The number of nitrogens with zero attached hydrogens (tertiary/aromatic N) is 2. The van der Waals surface area contributed by atoms with E-state index in [2.05, 4.69) is 10.1 Å². The smallest absolute Gasteiger partial charge is 0.264 e. The Labute approximate surface area is 114 Å². The van der Waals surface area contributed by atoms with Gasteiger partial charge in [-0.15, -0.1) is 0 Å². The third-order valence-electron chi connectivity index (χ3n) is 2.30. The quantitative estimate of drug-likeness (QED) is 0.935. The van der Waals surface area contributed by atoms with Gasteiger partial charge in [-0.2, -0.15) is 4.98 Å². The van der Waals surface area contributed by atoms with Crippen LogP contribution in [0.5, 0.6) is 5.75 Å². The molecule has 1 aromatic heterocycles. The predicted molar refractivity (Wildman–Crippen MR) is 67.3 cm³/mol. The van der Waals surface area contributed by atoms with Crippen LogP contribution >= 0.6 is 11.6 Å². The van der Waals surface area contributed by atoms with Crippen LogP contribution in [0.3, 0.4) is 0 Å². The van der Waals surface area contributed by atoms with Crippen molar-refractivity contribution in [2.75, 3.05) is 0 Å². The molecule has 0 amide bonds. The van der Waals surface area contributed by atoms with E-state index in [1.807, 2.05) is 0 Å². The molecule has 0 aliphatic carbocycles. The summed E-state index contributed by atoms with van der Waals surface area (Å²) in [5.41, 5.74) is 5.14. The summed E-state index contributed by atoms with van der Waals surface area (Å²) in [7, 11) is 0. The van der Waals surface area contributed by atoms with Gasteiger partial charge in [-0.25, -0.2) is 4.39 Å². The van der Waals surface area contributed by atoms with E-state index in [9.17, 15) is 4.39 Å². The Morgan fingerprint density at radius 2 is 2.21 bits per heavy atom. The normalized spacial score (nSPS) is 11.6. The molecule has 0 radical (unpaired) electrons. The van der Waals surface area contributed by atoms with E-state index in [1.54, 1.807) is 19.9 Å². The molecule has 2 N–H and O–H groups in total. The Hall–Kier alpha value is -1.66. The molecule has 19 heavy (non-hydrogen) atoms. The molecule has 5 nitrogen and oxygen atoms in total. The van der Waals surface area contributed by atoms with Crippen molar-refractivity contribution in [3.63, 3.8) is 0 Å². The molecule has 1 heterocycles. The number of nitrogens with two attached hydrogens (primary N) is 1. The van der Waals surface area contributed by atoms with Crippen molar-refractivity contribution >= 4 is 11.6 Å². The first kappa shape index (κ1) is 13.8. The number of ether oxygens (including phenoxy) is 1. The molecule has 0 aliphatic heterocycles. The molecule has 0 aliphatic rings. The van der Waals surface area contributed by atoms with E-state index >= 15 is 0 Å². The van der Waals surface area contributed by atoms with Crippen LogP contribution in [0.25, 0.3) is 0 Å². The Morgan fingerprint density at radius 1 is 1.47 bits per heavy atom. The van der Waals surface area contributed by atoms with Crippen LogP contribution in [-0.4, -0.2) is 10.1 Å². The molecule has 0 unspecified atom stereocenters. The van der Waals surface area contributed by atoms with Crippen LogP contribution in [0.15, 0.2) is 22.7 Å². The number of hydrogen-bond acceptors (Lipinski definition) is 5. The molecule has 102 valence electrons. The van der Waals surface area contributed by atoms with Gasteiger partial charge in [-0.3, -0.25) is 0 Å². The molecule has 1 aromatic carbocycles. The van der Waals surface area contributed by atoms with Gasteiger partial charge in [-0.1, -0.05) is 16.8 Å². The highest BCUT2D eigenvalue weighted by Gasteiger charge is 2.21. The fourth-order valence-electron chi connectivity index (χ4n) is 1.29. The summed E-state index contributed by atoms with van der Waals surface area (Å²) in [6.07, 6.45) is 0. The highest BCUT2D eigenvalue weighted by atomic mass is 35.5. The molecule has 0 bridgehead atoms. The van der Waals surface area contributed by atoms with Crippen LogP contribution in [0.2, 0.25) is 5.02 Å². The average Bonchev–Trinajstić information content (AvgIpc) is 2.79. The minimum Gasteiger partial charge on any atom is -0.484 e. The van der Waals surface area contributed by atoms with Gasteiger partial charge in [0.2, 0.25) is 0 Å². The van der Waals surface area contributed by atoms with E-state index in [-0.39, 0.29) is 17.5 Å². The van der Waals surface area contributed by atoms with Gasteiger partial charge < -0.3 is 15.0 Å². The van der Waals surface area contributed by atoms with E-state index in [4.69, 9.17) is 26.6 Å². The molecule has 0 saturated carbocycles. The zero-order chi connectivity index (χ0) is 14.0. The first-order chi connectivity index (χ1) is 8.86. The molecule has 0 atom stereocenters. The molecule has 2 aromatic rings. The molecule has 2 rings (SSSR count). The Bertz CT molecular complexity index is 581. The number of rotatable bonds is 4. The monoisotopic (exact) mass is 285 g/mol. The highest BCUT2D eigenvalue weighted by molar-refractivity contribution is 6.30. The van der Waals surface area contributed by atoms with Crippen molar-refractivity contribution in [1.82, 2.24) is 10.1 Å². The molecule has 0 fully saturated rings. The van der Waals surface area contributed by atoms with Crippen molar-refractivity contribution in [3.8, 4) is 5.75 Å². The van der Waals surface area contributed by atoms with Crippen LogP contribution in [0, 0.1) is 5.82 Å². The fraction of sp³-hybridized carbons (Fsp3) is 0.333. The van der Waals surface area contributed by atoms with Crippen molar-refractivity contribution in [3.05, 3.63) is 40.8 Å². The summed E-state index contributed by atoms with van der Waals surface area (Å²) in [6.45, 7) is 3.55. The minimum atomic E-state index is -0.686. The second-order valence-corrected chi connectivity index (χ2v) is 5.01. The third-order valence-corrected chi connectivity index (χ3v) is 2.60. The zero-order valence-corrected chi connectivity index (χ0v) is 11.2. The molecular formula is C12H13ClFN3O2. The summed E-state index contributed by atoms with van der Waals surface area (Å²) in [4.78, 5) is 4.09. The predicted octanol–water partition coefficient (Wildman–Crippen LogP) is 2.63. The molecular weight excluding hydrogens is 273 g/mol. The first-order valence-corrected chi connectivity index (χ1v) is 5.94. The fourth-order valence-corrected chi connectivity index (χ4v) is 1.40. The Balaban J connectivity index is 2.02. The van der Waals surface area contributed by atoms with E-state index in [1.165, 1.54) is 12.1 Å². The average molecular weight is 286 g/mol. The highest BCUT2D eigenvalue weighted by Crippen LogP contribution is 2.21. The minimum absolute atomic E-state index is 0.0319. The van der Waals surface area contributed by atoms with Gasteiger partial charge in [0.1, 0.15) is 11.6 Å². The van der Waals surface area contributed by atoms with Crippen LogP contribution in [-0.2, 0) is 12.1 Å². The lowest BCUT2D eigenvalue weighted by molar-refractivity contribution is 0.241. The summed E-state index contributed by atoms with van der Waals surface area (Å²) in [5.74, 6) is 0.430. The van der Waals surface area contributed by atoms with Gasteiger partial charge in [0.05, 0.1) is 10.6 Å². The topological polar surface area (TPSA) is 74.2 Å². The molecule has 7 heteroatoms. The lowest BCUT2D eigenvalue weighted by Gasteiger charge is -2.11. The van der Waals surface area contributed by atoms with Crippen molar-refractivity contribution in [2.24, 2.45) is 5.73 Å². The van der Waals surface area contributed by atoms with E-state index < -0.39 is 11.4 Å². The SMILES string of the molecule is CC(C)(N)c1noc(COc2ccc(Cl)c(F)c2)n1. The van der Waals surface area contributed by atoms with Crippen LogP contribution in [0.4, 0.5) is 4.39 Å². The second kappa shape index (κ2) is 5.14. The number of hydrogen-bond donors (Lipinski definition) is 1. The second-order valence-electron chi connectivity index (χ2n) is 4.60. The molecule has 0 spiro atoms. The van der Waals surface area contributed by atoms with Gasteiger partial charge in [-0.05, 0) is 26.0 Å². The van der Waals surface area contributed by atoms with Gasteiger partial charge in [0.15, 0.2) is 12.4 Å². The van der Waals surface area contributed by atoms with Crippen molar-refractivity contribution < 1.29 is 13.7 Å². The zero-order valence-electron chi connectivity index (χ0n) is 10.5. The van der Waals surface area contributed by atoms with Crippen LogP contribution in [0.1, 0.15) is 25.6 Å². The number of benzene rings is 1. The van der Waals surface area contributed by atoms with Crippen molar-refractivity contribution in [1.29, 1.82) is 0 Å². The summed E-state index contributed by atoms with van der Waals surface area (Å²) in [5, 5.41) is 3.78. The largest absolute Gasteiger partial charge is 0.484 e. The molecule has 0 saturated heterocycles. The first-order valence-electron chi connectivity index (χ1n) is 5.56. The Kier molecular flexibility index (Phi) is 3.73. The Morgan fingerprint density at radius 3 is 2.79 bits per heavy atom. The number of aromatic nitrogens is 2. The standard InChI is InChI=1S/C12H13ClFN3O2/c1-12(2,15)11-16-10(19-17-11)6-18-7-3-4-8(13)9(14)5-7/h3-5H,6,15H2,1-2H3. The summed E-state index contributed by atoms with van der Waals surface area (Å²) >= 11 is 5.57. The maximum absolute atomic E-state index is 13.2. The van der Waals surface area contributed by atoms with E-state index in [0.29, 0.717) is 11.6 Å². The maximum atomic E-state index is 13.2. The van der Waals surface area contributed by atoms with Crippen molar-refractivity contribution in [2.45, 2.75) is 26.0 Å². The maximum Gasteiger partial charge on any atom is 0.264 e. The third kappa shape index (κ3) is 3.42. The summed E-state index contributed by atoms with van der Waals surface area (Å²) in [6, 6.07) is 4.15. The lowest BCUT2D eigenvalue weighted by atomic mass is 10.1. The van der Waals surface area contributed by atoms with E-state index in [0.717, 1.165) is 0 Å². The summed E-state index contributed by atoms with van der Waals surface area (Å²) < 4.78 is 23.5. The van der Waals surface area contributed by atoms with Crippen LogP contribution < -0.4 is 10.5 Å². The number of halogens is 2.